The van der Waals surface area contributed by atoms with Crippen molar-refractivity contribution in [3.05, 3.63) is 24.3 Å². The number of carbonyl (C=O) groups excluding carboxylic acids is 1. The van der Waals surface area contributed by atoms with Gasteiger partial charge in [0.15, 0.2) is 0 Å². The predicted octanol–water partition coefficient (Wildman–Crippen LogP) is 1.72. The molecule has 0 aliphatic carbocycles. The standard InChI is InChI=1S/C16H24N2O4S/c1-13-6-5-9-17(11-13)16(19)12-18(23(3,20)21)14-7-4-8-15(10-14)22-2/h4,7-8,10,13H,5-6,9,11-12H2,1-3H3/t13-/m1/s1. The summed E-state index contributed by atoms with van der Waals surface area (Å²) in [5.41, 5.74) is 0.435. The minimum Gasteiger partial charge on any atom is -0.497 e. The minimum absolute atomic E-state index is 0.162. The van der Waals surface area contributed by atoms with Gasteiger partial charge in [-0.25, -0.2) is 8.42 Å². The maximum absolute atomic E-state index is 12.5. The number of carbonyl (C=O) groups is 1. The van der Waals surface area contributed by atoms with Gasteiger partial charge in [-0.2, -0.15) is 0 Å². The molecule has 0 aromatic heterocycles. The quantitative estimate of drug-likeness (QED) is 0.818. The van der Waals surface area contributed by atoms with Crippen LogP contribution in [0.2, 0.25) is 0 Å². The van der Waals surface area contributed by atoms with Crippen molar-refractivity contribution < 1.29 is 17.9 Å². The number of methoxy groups -OCH3 is 1. The van der Waals surface area contributed by atoms with Crippen molar-refractivity contribution in [3.8, 4) is 5.75 Å². The SMILES string of the molecule is COc1cccc(N(CC(=O)N2CCC[C@@H](C)C2)S(C)(=O)=O)c1. The Kier molecular flexibility index (Phi) is 5.51. The van der Waals surface area contributed by atoms with Crippen LogP contribution in [0.25, 0.3) is 0 Å². The highest BCUT2D eigenvalue weighted by Crippen LogP contribution is 2.24. The highest BCUT2D eigenvalue weighted by Gasteiger charge is 2.26. The monoisotopic (exact) mass is 340 g/mol. The summed E-state index contributed by atoms with van der Waals surface area (Å²) in [5, 5.41) is 0. The fourth-order valence-corrected chi connectivity index (χ4v) is 3.65. The van der Waals surface area contributed by atoms with E-state index in [9.17, 15) is 13.2 Å². The summed E-state index contributed by atoms with van der Waals surface area (Å²) >= 11 is 0. The number of anilines is 1. The van der Waals surface area contributed by atoms with E-state index in [1.54, 1.807) is 29.2 Å². The van der Waals surface area contributed by atoms with Crippen LogP contribution in [0, 0.1) is 5.92 Å². The lowest BCUT2D eigenvalue weighted by atomic mass is 10.0. The summed E-state index contributed by atoms with van der Waals surface area (Å²) in [7, 11) is -2.04. The van der Waals surface area contributed by atoms with Crippen molar-refractivity contribution in [2.45, 2.75) is 19.8 Å². The average Bonchev–Trinajstić information content (AvgIpc) is 2.51. The second-order valence-electron chi connectivity index (χ2n) is 6.06. The first-order valence-corrected chi connectivity index (χ1v) is 9.55. The molecule has 6 nitrogen and oxygen atoms in total. The molecule has 0 bridgehead atoms. The van der Waals surface area contributed by atoms with Gasteiger partial charge in [-0.15, -0.1) is 0 Å². The fourth-order valence-electron chi connectivity index (χ4n) is 2.80. The van der Waals surface area contributed by atoms with Gasteiger partial charge in [0.1, 0.15) is 12.3 Å². The molecule has 1 heterocycles. The van der Waals surface area contributed by atoms with Gasteiger partial charge in [-0.05, 0) is 30.9 Å². The first-order chi connectivity index (χ1) is 10.8. The summed E-state index contributed by atoms with van der Waals surface area (Å²) < 4.78 is 30.5. The van der Waals surface area contributed by atoms with E-state index in [1.807, 2.05) is 0 Å². The van der Waals surface area contributed by atoms with Gasteiger partial charge >= 0.3 is 0 Å². The van der Waals surface area contributed by atoms with Crippen LogP contribution in [0.1, 0.15) is 19.8 Å². The molecule has 1 aromatic rings. The molecule has 128 valence electrons. The van der Waals surface area contributed by atoms with Crippen LogP contribution in [0.5, 0.6) is 5.75 Å². The van der Waals surface area contributed by atoms with Crippen LogP contribution >= 0.6 is 0 Å². The number of nitrogens with zero attached hydrogens (tertiary/aromatic N) is 2. The lowest BCUT2D eigenvalue weighted by Gasteiger charge is -2.33. The van der Waals surface area contributed by atoms with Crippen LogP contribution in [-0.2, 0) is 14.8 Å². The lowest BCUT2D eigenvalue weighted by molar-refractivity contribution is -0.131. The Bertz CT molecular complexity index is 660. The number of amides is 1. The van der Waals surface area contributed by atoms with Gasteiger partial charge in [0.2, 0.25) is 15.9 Å². The summed E-state index contributed by atoms with van der Waals surface area (Å²) in [5.74, 6) is 0.844. The number of benzene rings is 1. The van der Waals surface area contributed by atoms with Crippen LogP contribution in [0.15, 0.2) is 24.3 Å². The smallest absolute Gasteiger partial charge is 0.243 e. The molecule has 1 amide bonds. The molecule has 2 rings (SSSR count). The number of ether oxygens (including phenoxy) is 1. The third kappa shape index (κ3) is 4.60. The molecular weight excluding hydrogens is 316 g/mol. The molecule has 0 radical (unpaired) electrons. The maximum Gasteiger partial charge on any atom is 0.243 e. The summed E-state index contributed by atoms with van der Waals surface area (Å²) in [6.07, 6.45) is 3.18. The predicted molar refractivity (Wildman–Crippen MR) is 90.2 cm³/mol. The number of hydrogen-bond acceptors (Lipinski definition) is 4. The van der Waals surface area contributed by atoms with E-state index in [0.717, 1.165) is 23.4 Å². The molecule has 23 heavy (non-hydrogen) atoms. The molecule has 0 saturated carbocycles. The lowest BCUT2D eigenvalue weighted by Crippen LogP contribution is -2.46. The number of likely N-dealkylation sites (tertiary alicyclic amines) is 1. The van der Waals surface area contributed by atoms with Crippen molar-refractivity contribution in [1.82, 2.24) is 4.90 Å². The zero-order chi connectivity index (χ0) is 17.0. The Hall–Kier alpha value is -1.76. The Morgan fingerprint density at radius 2 is 2.17 bits per heavy atom. The van der Waals surface area contributed by atoms with Crippen LogP contribution in [-0.4, -0.2) is 52.2 Å². The molecule has 1 aromatic carbocycles. The molecule has 1 saturated heterocycles. The second-order valence-corrected chi connectivity index (χ2v) is 7.97. The van der Waals surface area contributed by atoms with E-state index in [-0.39, 0.29) is 12.5 Å². The molecule has 1 atom stereocenters. The van der Waals surface area contributed by atoms with E-state index >= 15 is 0 Å². The van der Waals surface area contributed by atoms with Crippen molar-refractivity contribution in [2.24, 2.45) is 5.92 Å². The Morgan fingerprint density at radius 3 is 2.78 bits per heavy atom. The highest BCUT2D eigenvalue weighted by molar-refractivity contribution is 7.92. The zero-order valence-electron chi connectivity index (χ0n) is 13.9. The van der Waals surface area contributed by atoms with Gasteiger partial charge in [-0.3, -0.25) is 9.10 Å². The number of sulfonamides is 1. The third-order valence-electron chi connectivity index (χ3n) is 4.03. The Labute approximate surface area is 138 Å². The molecular formula is C16H24N2O4S. The number of hydrogen-bond donors (Lipinski definition) is 0. The first-order valence-electron chi connectivity index (χ1n) is 7.71. The van der Waals surface area contributed by atoms with Crippen LogP contribution in [0.4, 0.5) is 5.69 Å². The van der Waals surface area contributed by atoms with Crippen molar-refractivity contribution in [1.29, 1.82) is 0 Å². The highest BCUT2D eigenvalue weighted by atomic mass is 32.2. The molecule has 1 aliphatic rings. The largest absolute Gasteiger partial charge is 0.497 e. The van der Waals surface area contributed by atoms with Gasteiger partial charge in [0.05, 0.1) is 19.1 Å². The van der Waals surface area contributed by atoms with E-state index in [2.05, 4.69) is 6.92 Å². The van der Waals surface area contributed by atoms with Gasteiger partial charge in [0, 0.05) is 19.2 Å². The van der Waals surface area contributed by atoms with E-state index in [1.165, 1.54) is 7.11 Å². The van der Waals surface area contributed by atoms with Gasteiger partial charge in [0.25, 0.3) is 0 Å². The summed E-state index contributed by atoms with van der Waals surface area (Å²) in [4.78, 5) is 14.3. The Balaban J connectivity index is 2.21. The fraction of sp³-hybridized carbons (Fsp3) is 0.562. The third-order valence-corrected chi connectivity index (χ3v) is 5.17. The molecule has 1 aliphatic heterocycles. The first kappa shape index (κ1) is 17.6. The zero-order valence-corrected chi connectivity index (χ0v) is 14.7. The van der Waals surface area contributed by atoms with Crippen molar-refractivity contribution in [3.63, 3.8) is 0 Å². The van der Waals surface area contributed by atoms with Crippen LogP contribution < -0.4 is 9.04 Å². The van der Waals surface area contributed by atoms with E-state index < -0.39 is 10.0 Å². The molecule has 0 spiro atoms. The Morgan fingerprint density at radius 1 is 1.43 bits per heavy atom. The van der Waals surface area contributed by atoms with E-state index in [4.69, 9.17) is 4.74 Å². The second kappa shape index (κ2) is 7.21. The van der Waals surface area contributed by atoms with Gasteiger partial charge < -0.3 is 9.64 Å². The molecule has 0 unspecified atom stereocenters. The van der Waals surface area contributed by atoms with Crippen LogP contribution in [0.3, 0.4) is 0 Å². The molecule has 0 N–H and O–H groups in total. The van der Waals surface area contributed by atoms with Gasteiger partial charge in [-0.1, -0.05) is 13.0 Å². The van der Waals surface area contributed by atoms with Crippen molar-refractivity contribution in [2.75, 3.05) is 37.3 Å². The maximum atomic E-state index is 12.5. The molecule has 1 fully saturated rings. The number of piperidine rings is 1. The molecule has 7 heteroatoms. The normalized spacial score (nSPS) is 18.6. The summed E-state index contributed by atoms with van der Waals surface area (Å²) in [6.45, 7) is 3.31. The number of rotatable bonds is 5. The average molecular weight is 340 g/mol. The van der Waals surface area contributed by atoms with E-state index in [0.29, 0.717) is 30.4 Å². The topological polar surface area (TPSA) is 66.9 Å². The minimum atomic E-state index is -3.56. The van der Waals surface area contributed by atoms with Crippen molar-refractivity contribution >= 4 is 21.6 Å². The summed E-state index contributed by atoms with van der Waals surface area (Å²) in [6, 6.07) is 6.72.